The van der Waals surface area contributed by atoms with E-state index in [0.29, 0.717) is 31.6 Å². The van der Waals surface area contributed by atoms with Crippen LogP contribution in [0.1, 0.15) is 51.9 Å². The van der Waals surface area contributed by atoms with Gasteiger partial charge >= 0.3 is 0 Å². The minimum Gasteiger partial charge on any atom is -0.312 e. The van der Waals surface area contributed by atoms with Crippen LogP contribution in [0.3, 0.4) is 0 Å². The number of rotatable bonds is 5. The first-order valence-corrected chi connectivity index (χ1v) is 9.97. The van der Waals surface area contributed by atoms with Crippen molar-refractivity contribution in [1.29, 1.82) is 0 Å². The Labute approximate surface area is 129 Å². The molecule has 3 aliphatic rings. The molecule has 2 atom stereocenters. The molecule has 1 saturated carbocycles. The van der Waals surface area contributed by atoms with Gasteiger partial charge in [-0.15, -0.1) is 0 Å². The van der Waals surface area contributed by atoms with Crippen LogP contribution in [0.4, 0.5) is 0 Å². The Kier molecular flexibility index (Phi) is 4.88. The maximum Gasteiger partial charge on any atom is 0.282 e. The third-order valence-electron chi connectivity index (χ3n) is 5.04. The Balaban J connectivity index is 1.67. The fraction of sp³-hybridized carbons (Fsp3) is 1.00. The Morgan fingerprint density at radius 1 is 1.05 bits per heavy atom. The molecule has 122 valence electrons. The maximum absolute atomic E-state index is 13.0. The summed E-state index contributed by atoms with van der Waals surface area (Å²) in [5.41, 5.74) is 0. The van der Waals surface area contributed by atoms with Gasteiger partial charge < -0.3 is 5.32 Å². The molecule has 21 heavy (non-hydrogen) atoms. The molecule has 2 heterocycles. The highest BCUT2D eigenvalue weighted by Crippen LogP contribution is 2.27. The first kappa shape index (κ1) is 15.7. The van der Waals surface area contributed by atoms with E-state index in [1.807, 2.05) is 0 Å². The van der Waals surface area contributed by atoms with Gasteiger partial charge in [0.2, 0.25) is 0 Å². The number of nitrogens with one attached hydrogen (secondary N) is 1. The Morgan fingerprint density at radius 3 is 2.57 bits per heavy atom. The molecule has 6 heteroatoms. The lowest BCUT2D eigenvalue weighted by Gasteiger charge is -2.40. The average Bonchev–Trinajstić information content (AvgIpc) is 3.29. The molecule has 0 bridgehead atoms. The van der Waals surface area contributed by atoms with E-state index in [-0.39, 0.29) is 6.04 Å². The van der Waals surface area contributed by atoms with Gasteiger partial charge in [-0.25, -0.2) is 0 Å². The lowest BCUT2D eigenvalue weighted by Crippen LogP contribution is -2.55. The second kappa shape index (κ2) is 6.52. The number of hydrogen-bond donors (Lipinski definition) is 1. The summed E-state index contributed by atoms with van der Waals surface area (Å²) in [7, 11) is -3.27. The van der Waals surface area contributed by atoms with E-state index in [9.17, 15) is 8.42 Å². The summed E-state index contributed by atoms with van der Waals surface area (Å²) >= 11 is 0. The lowest BCUT2D eigenvalue weighted by molar-refractivity contribution is 0.207. The van der Waals surface area contributed by atoms with Crippen LogP contribution in [-0.4, -0.2) is 55.3 Å². The van der Waals surface area contributed by atoms with Gasteiger partial charge in [-0.05, 0) is 44.4 Å². The molecule has 0 amide bonds. The van der Waals surface area contributed by atoms with Gasteiger partial charge in [-0.3, -0.25) is 0 Å². The lowest BCUT2D eigenvalue weighted by atomic mass is 10.0. The molecule has 0 aromatic rings. The molecule has 2 unspecified atom stereocenters. The highest BCUT2D eigenvalue weighted by molar-refractivity contribution is 7.86. The summed E-state index contributed by atoms with van der Waals surface area (Å²) in [6, 6.07) is 0.799. The van der Waals surface area contributed by atoms with E-state index in [4.69, 9.17) is 0 Å². The van der Waals surface area contributed by atoms with Crippen molar-refractivity contribution in [1.82, 2.24) is 13.9 Å². The molecule has 0 radical (unpaired) electrons. The zero-order valence-corrected chi connectivity index (χ0v) is 13.9. The SMILES string of the molecule is CC1CCCN(S(=O)(=O)N2CCCCC2CNC2CC2)C1. The summed E-state index contributed by atoms with van der Waals surface area (Å²) in [5.74, 6) is 0.487. The van der Waals surface area contributed by atoms with E-state index in [2.05, 4.69) is 12.2 Å². The molecule has 3 fully saturated rings. The van der Waals surface area contributed by atoms with Crippen molar-refractivity contribution < 1.29 is 8.42 Å². The largest absolute Gasteiger partial charge is 0.312 e. The summed E-state index contributed by atoms with van der Waals surface area (Å²) in [6.45, 7) is 5.08. The van der Waals surface area contributed by atoms with Crippen LogP contribution in [0, 0.1) is 5.92 Å². The van der Waals surface area contributed by atoms with Crippen molar-refractivity contribution in [3.8, 4) is 0 Å². The quantitative estimate of drug-likeness (QED) is 0.838. The monoisotopic (exact) mass is 315 g/mol. The van der Waals surface area contributed by atoms with E-state index in [0.717, 1.165) is 38.6 Å². The average molecular weight is 315 g/mol. The van der Waals surface area contributed by atoms with Crippen LogP contribution in [0.15, 0.2) is 0 Å². The number of nitrogens with zero attached hydrogens (tertiary/aromatic N) is 2. The van der Waals surface area contributed by atoms with Gasteiger partial charge in [0.15, 0.2) is 0 Å². The molecule has 0 aromatic carbocycles. The summed E-state index contributed by atoms with van der Waals surface area (Å²) in [5, 5.41) is 3.52. The number of hydrogen-bond acceptors (Lipinski definition) is 3. The van der Waals surface area contributed by atoms with Crippen LogP contribution in [-0.2, 0) is 10.2 Å². The highest BCUT2D eigenvalue weighted by Gasteiger charge is 2.38. The maximum atomic E-state index is 13.0. The van der Waals surface area contributed by atoms with Gasteiger partial charge in [-0.1, -0.05) is 13.3 Å². The first-order chi connectivity index (χ1) is 10.1. The van der Waals surface area contributed by atoms with E-state index in [1.54, 1.807) is 8.61 Å². The molecule has 1 aliphatic carbocycles. The van der Waals surface area contributed by atoms with Crippen molar-refractivity contribution in [2.75, 3.05) is 26.2 Å². The van der Waals surface area contributed by atoms with Crippen molar-refractivity contribution in [2.24, 2.45) is 5.92 Å². The summed E-state index contributed by atoms with van der Waals surface area (Å²) in [4.78, 5) is 0. The third kappa shape index (κ3) is 3.78. The zero-order chi connectivity index (χ0) is 14.9. The molecule has 0 aromatic heterocycles. The summed E-state index contributed by atoms with van der Waals surface area (Å²) < 4.78 is 29.5. The van der Waals surface area contributed by atoms with E-state index < -0.39 is 10.2 Å². The molecule has 5 nitrogen and oxygen atoms in total. The molecule has 2 saturated heterocycles. The van der Waals surface area contributed by atoms with Crippen molar-refractivity contribution in [3.05, 3.63) is 0 Å². The van der Waals surface area contributed by atoms with Crippen molar-refractivity contribution in [2.45, 2.75) is 64.0 Å². The normalized spacial score (nSPS) is 33.2. The summed E-state index contributed by atoms with van der Waals surface area (Å²) in [6.07, 6.45) is 7.81. The van der Waals surface area contributed by atoms with Gasteiger partial charge in [-0.2, -0.15) is 17.0 Å². The predicted octanol–water partition coefficient (Wildman–Crippen LogP) is 1.57. The Hall–Kier alpha value is -0.170. The molecular weight excluding hydrogens is 286 g/mol. The van der Waals surface area contributed by atoms with Crippen LogP contribution in [0.2, 0.25) is 0 Å². The Bertz CT molecular complexity index is 450. The van der Waals surface area contributed by atoms with Gasteiger partial charge in [0.05, 0.1) is 0 Å². The van der Waals surface area contributed by atoms with Crippen molar-refractivity contribution in [3.63, 3.8) is 0 Å². The smallest absolute Gasteiger partial charge is 0.282 e. The second-order valence-electron chi connectivity index (χ2n) is 7.06. The molecule has 0 spiro atoms. The van der Waals surface area contributed by atoms with E-state index in [1.165, 1.54) is 12.8 Å². The standard InChI is InChI=1S/C15H29N3O2S/c1-13-5-4-9-17(12-13)21(19,20)18-10-3-2-6-15(18)11-16-14-7-8-14/h13-16H,2-12H2,1H3. The van der Waals surface area contributed by atoms with Crippen LogP contribution in [0.5, 0.6) is 0 Å². The first-order valence-electron chi connectivity index (χ1n) is 8.57. The van der Waals surface area contributed by atoms with Crippen LogP contribution in [0.25, 0.3) is 0 Å². The second-order valence-corrected chi connectivity index (χ2v) is 8.94. The molecule has 3 rings (SSSR count). The minimum atomic E-state index is -3.27. The third-order valence-corrected chi connectivity index (χ3v) is 7.09. The predicted molar refractivity (Wildman–Crippen MR) is 84.3 cm³/mol. The fourth-order valence-corrected chi connectivity index (χ4v) is 5.59. The topological polar surface area (TPSA) is 52.7 Å². The number of piperidine rings is 2. The highest BCUT2D eigenvalue weighted by atomic mass is 32.2. The van der Waals surface area contributed by atoms with Crippen molar-refractivity contribution >= 4 is 10.2 Å². The van der Waals surface area contributed by atoms with Gasteiger partial charge in [0, 0.05) is 38.3 Å². The Morgan fingerprint density at radius 2 is 1.86 bits per heavy atom. The van der Waals surface area contributed by atoms with Crippen LogP contribution >= 0.6 is 0 Å². The van der Waals surface area contributed by atoms with Gasteiger partial charge in [0.25, 0.3) is 10.2 Å². The minimum absolute atomic E-state index is 0.154. The van der Waals surface area contributed by atoms with E-state index >= 15 is 0 Å². The molecular formula is C15H29N3O2S. The zero-order valence-electron chi connectivity index (χ0n) is 13.1. The molecule has 2 aliphatic heterocycles. The fourth-order valence-electron chi connectivity index (χ4n) is 3.58. The van der Waals surface area contributed by atoms with Crippen LogP contribution < -0.4 is 5.32 Å². The molecule has 1 N–H and O–H groups in total. The van der Waals surface area contributed by atoms with Gasteiger partial charge in [0.1, 0.15) is 0 Å².